The average Bonchev–Trinajstić information content (AvgIpc) is 3.12. The van der Waals surface area contributed by atoms with Gasteiger partial charge in [-0.25, -0.2) is 4.52 Å². The smallest absolute Gasteiger partial charge is 0.227 e. The highest BCUT2D eigenvalue weighted by atomic mass is 16.3. The van der Waals surface area contributed by atoms with E-state index in [0.29, 0.717) is 12.5 Å². The Morgan fingerprint density at radius 1 is 1.43 bits per heavy atom. The van der Waals surface area contributed by atoms with Gasteiger partial charge in [-0.1, -0.05) is 6.07 Å². The molecule has 1 unspecified atom stereocenters. The van der Waals surface area contributed by atoms with Crippen LogP contribution in [0.1, 0.15) is 31.2 Å². The van der Waals surface area contributed by atoms with Crippen molar-refractivity contribution in [3.8, 4) is 0 Å². The highest BCUT2D eigenvalue weighted by Gasteiger charge is 2.28. The molecule has 1 atom stereocenters. The van der Waals surface area contributed by atoms with E-state index in [-0.39, 0.29) is 12.5 Å². The molecule has 2 aromatic rings. The van der Waals surface area contributed by atoms with E-state index in [1.54, 1.807) is 10.7 Å². The fourth-order valence-corrected chi connectivity index (χ4v) is 3.18. The molecule has 2 aromatic heterocycles. The largest absolute Gasteiger partial charge is 0.396 e. The van der Waals surface area contributed by atoms with Crippen LogP contribution < -0.4 is 0 Å². The molecule has 0 spiro atoms. The van der Waals surface area contributed by atoms with Crippen molar-refractivity contribution in [3.63, 3.8) is 0 Å². The molecular weight excluding hydrogens is 266 g/mol. The minimum absolute atomic E-state index is 0.175. The van der Waals surface area contributed by atoms with Gasteiger partial charge in [0.2, 0.25) is 5.91 Å². The molecule has 112 valence electrons. The third-order valence-corrected chi connectivity index (χ3v) is 4.24. The van der Waals surface area contributed by atoms with Crippen LogP contribution in [0.3, 0.4) is 0 Å². The van der Waals surface area contributed by atoms with Crippen molar-refractivity contribution in [1.82, 2.24) is 14.5 Å². The Morgan fingerprint density at radius 3 is 3.19 bits per heavy atom. The molecule has 0 bridgehead atoms. The molecule has 5 nitrogen and oxygen atoms in total. The van der Waals surface area contributed by atoms with Crippen molar-refractivity contribution in [1.29, 1.82) is 0 Å². The maximum atomic E-state index is 12.6. The Kier molecular flexibility index (Phi) is 4.20. The number of carbonyl (C=O) groups is 1. The van der Waals surface area contributed by atoms with Gasteiger partial charge in [-0.15, -0.1) is 0 Å². The van der Waals surface area contributed by atoms with Crippen LogP contribution >= 0.6 is 0 Å². The van der Waals surface area contributed by atoms with Crippen LogP contribution in [0.2, 0.25) is 0 Å². The van der Waals surface area contributed by atoms with Crippen LogP contribution in [0.15, 0.2) is 30.6 Å². The summed E-state index contributed by atoms with van der Waals surface area (Å²) in [7, 11) is 0. The molecule has 1 amide bonds. The Labute approximate surface area is 124 Å². The zero-order chi connectivity index (χ0) is 14.7. The van der Waals surface area contributed by atoms with Gasteiger partial charge in [-0.2, -0.15) is 5.10 Å². The summed E-state index contributed by atoms with van der Waals surface area (Å²) in [5.74, 6) is 0.175. The summed E-state index contributed by atoms with van der Waals surface area (Å²) in [6.45, 7) is 1.04. The number of fused-ring (bicyclic) bond motifs is 1. The Hall–Kier alpha value is -1.88. The van der Waals surface area contributed by atoms with E-state index < -0.39 is 0 Å². The van der Waals surface area contributed by atoms with E-state index in [1.807, 2.05) is 29.3 Å². The molecule has 1 fully saturated rings. The number of rotatable bonds is 5. The first-order chi connectivity index (χ1) is 10.3. The Morgan fingerprint density at radius 2 is 2.33 bits per heavy atom. The van der Waals surface area contributed by atoms with Crippen LogP contribution in [0.25, 0.3) is 5.52 Å². The average molecular weight is 287 g/mol. The second-order valence-corrected chi connectivity index (χ2v) is 5.63. The first kappa shape index (κ1) is 14.1. The van der Waals surface area contributed by atoms with Gasteiger partial charge in [-0.3, -0.25) is 4.79 Å². The highest BCUT2D eigenvalue weighted by molar-refractivity contribution is 5.81. The van der Waals surface area contributed by atoms with Crippen molar-refractivity contribution in [2.24, 2.45) is 0 Å². The Bertz CT molecular complexity index is 623. The predicted octanol–water partition coefficient (Wildman–Crippen LogP) is 1.64. The van der Waals surface area contributed by atoms with E-state index >= 15 is 0 Å². The molecule has 1 saturated heterocycles. The number of aromatic nitrogens is 2. The fourth-order valence-electron chi connectivity index (χ4n) is 3.18. The summed E-state index contributed by atoms with van der Waals surface area (Å²) in [5, 5.41) is 13.2. The van der Waals surface area contributed by atoms with Gasteiger partial charge >= 0.3 is 0 Å². The molecule has 21 heavy (non-hydrogen) atoms. The number of pyridine rings is 1. The lowest BCUT2D eigenvalue weighted by atomic mass is 10.1. The summed E-state index contributed by atoms with van der Waals surface area (Å²) >= 11 is 0. The maximum absolute atomic E-state index is 12.6. The van der Waals surface area contributed by atoms with Crippen molar-refractivity contribution in [2.45, 2.75) is 38.1 Å². The van der Waals surface area contributed by atoms with Gasteiger partial charge in [0.25, 0.3) is 0 Å². The number of amides is 1. The summed E-state index contributed by atoms with van der Waals surface area (Å²) in [6, 6.07) is 6.18. The molecule has 1 aliphatic heterocycles. The number of nitrogens with zero attached hydrogens (tertiary/aromatic N) is 3. The van der Waals surface area contributed by atoms with Crippen LogP contribution in [-0.4, -0.2) is 44.7 Å². The first-order valence-electron chi connectivity index (χ1n) is 7.61. The van der Waals surface area contributed by atoms with Crippen molar-refractivity contribution in [3.05, 3.63) is 36.2 Å². The van der Waals surface area contributed by atoms with Gasteiger partial charge < -0.3 is 10.0 Å². The molecular formula is C16H21N3O2. The van der Waals surface area contributed by atoms with Crippen LogP contribution in [0.4, 0.5) is 0 Å². The monoisotopic (exact) mass is 287 g/mol. The minimum Gasteiger partial charge on any atom is -0.396 e. The first-order valence-corrected chi connectivity index (χ1v) is 7.61. The topological polar surface area (TPSA) is 57.8 Å². The zero-order valence-electron chi connectivity index (χ0n) is 12.1. The predicted molar refractivity (Wildman–Crippen MR) is 80.0 cm³/mol. The van der Waals surface area contributed by atoms with Crippen molar-refractivity contribution >= 4 is 11.4 Å². The second kappa shape index (κ2) is 6.26. The van der Waals surface area contributed by atoms with Crippen LogP contribution in [0, 0.1) is 0 Å². The van der Waals surface area contributed by atoms with Gasteiger partial charge in [0.1, 0.15) is 0 Å². The lowest BCUT2D eigenvalue weighted by Crippen LogP contribution is -2.36. The molecule has 0 aromatic carbocycles. The number of aliphatic hydroxyl groups excluding tert-OH is 1. The third-order valence-electron chi connectivity index (χ3n) is 4.24. The van der Waals surface area contributed by atoms with E-state index in [9.17, 15) is 4.79 Å². The summed E-state index contributed by atoms with van der Waals surface area (Å²) < 4.78 is 1.80. The Balaban J connectivity index is 1.71. The summed E-state index contributed by atoms with van der Waals surface area (Å²) in [5.41, 5.74) is 1.98. The standard InChI is InChI=1S/C16H21N3O2/c20-10-4-6-14-5-3-8-18(14)16(21)11-13-12-17-19-9-2-1-7-15(13)19/h1-2,7,9,12,14,20H,3-6,8,10-11H2. The summed E-state index contributed by atoms with van der Waals surface area (Å²) in [4.78, 5) is 14.5. The van der Waals surface area contributed by atoms with Crippen LogP contribution in [-0.2, 0) is 11.2 Å². The fraction of sp³-hybridized carbons (Fsp3) is 0.500. The van der Waals surface area contributed by atoms with Gasteiger partial charge in [0, 0.05) is 31.0 Å². The molecule has 3 rings (SSSR count). The van der Waals surface area contributed by atoms with Crippen molar-refractivity contribution < 1.29 is 9.90 Å². The normalized spacial score (nSPS) is 18.5. The number of carbonyl (C=O) groups excluding carboxylic acids is 1. The third kappa shape index (κ3) is 2.93. The SMILES string of the molecule is O=C(Cc1cnn2ccccc12)N1CCCC1CCCO. The summed E-state index contributed by atoms with van der Waals surface area (Å²) in [6.07, 6.45) is 7.87. The van der Waals surface area contributed by atoms with E-state index in [2.05, 4.69) is 5.10 Å². The molecule has 5 heteroatoms. The van der Waals surface area contributed by atoms with Crippen LogP contribution in [0.5, 0.6) is 0 Å². The number of likely N-dealkylation sites (tertiary alicyclic amines) is 1. The van der Waals surface area contributed by atoms with Crippen molar-refractivity contribution in [2.75, 3.05) is 13.2 Å². The number of hydrogen-bond acceptors (Lipinski definition) is 3. The zero-order valence-corrected chi connectivity index (χ0v) is 12.1. The van der Waals surface area contributed by atoms with Gasteiger partial charge in [0.15, 0.2) is 0 Å². The van der Waals surface area contributed by atoms with E-state index in [4.69, 9.17) is 5.11 Å². The van der Waals surface area contributed by atoms with E-state index in [0.717, 1.165) is 43.3 Å². The lowest BCUT2D eigenvalue weighted by molar-refractivity contribution is -0.131. The molecule has 1 aliphatic rings. The highest BCUT2D eigenvalue weighted by Crippen LogP contribution is 2.23. The van der Waals surface area contributed by atoms with E-state index in [1.165, 1.54) is 0 Å². The second-order valence-electron chi connectivity index (χ2n) is 5.63. The number of aliphatic hydroxyl groups is 1. The minimum atomic E-state index is 0.175. The lowest BCUT2D eigenvalue weighted by Gasteiger charge is -2.24. The molecule has 3 heterocycles. The molecule has 0 saturated carbocycles. The van der Waals surface area contributed by atoms with Gasteiger partial charge in [-0.05, 0) is 37.8 Å². The maximum Gasteiger partial charge on any atom is 0.227 e. The molecule has 0 aliphatic carbocycles. The number of hydrogen-bond donors (Lipinski definition) is 1. The quantitative estimate of drug-likeness (QED) is 0.909. The molecule has 1 N–H and O–H groups in total. The molecule has 0 radical (unpaired) electrons. The van der Waals surface area contributed by atoms with Gasteiger partial charge in [0.05, 0.1) is 18.1 Å².